The van der Waals surface area contributed by atoms with E-state index >= 15 is 0 Å². The molecule has 0 amide bonds. The molecule has 0 spiro atoms. The maximum absolute atomic E-state index is 12.7. The summed E-state index contributed by atoms with van der Waals surface area (Å²) >= 11 is 5.92. The summed E-state index contributed by atoms with van der Waals surface area (Å²) in [5.74, 6) is 0.762. The summed E-state index contributed by atoms with van der Waals surface area (Å²) in [4.78, 5) is 3.86. The Kier molecular flexibility index (Phi) is 4.92. The van der Waals surface area contributed by atoms with Gasteiger partial charge in [-0.05, 0) is 25.2 Å². The van der Waals surface area contributed by atoms with Crippen molar-refractivity contribution in [2.75, 3.05) is 7.05 Å². The van der Waals surface area contributed by atoms with Gasteiger partial charge in [-0.2, -0.15) is 8.78 Å². The molecule has 108 valence electrons. The molecule has 0 unspecified atom stereocenters. The Bertz CT molecular complexity index is 574. The normalized spacial score (nSPS) is 11.1. The van der Waals surface area contributed by atoms with Crippen LogP contribution in [0.15, 0.2) is 30.6 Å². The molecule has 0 radical (unpaired) electrons. The Morgan fingerprint density at radius 2 is 2.25 bits per heavy atom. The number of benzene rings is 1. The summed E-state index contributed by atoms with van der Waals surface area (Å²) in [5.41, 5.74) is 0.857. The van der Waals surface area contributed by atoms with Crippen molar-refractivity contribution in [3.05, 3.63) is 47.0 Å². The Balaban J connectivity index is 2.12. The van der Waals surface area contributed by atoms with E-state index in [0.717, 1.165) is 10.1 Å². The van der Waals surface area contributed by atoms with Crippen molar-refractivity contribution in [1.29, 1.82) is 0 Å². The first-order valence-electron chi connectivity index (χ1n) is 5.97. The van der Waals surface area contributed by atoms with Gasteiger partial charge in [-0.1, -0.05) is 11.6 Å². The Morgan fingerprint density at radius 1 is 1.45 bits per heavy atom. The molecule has 0 aliphatic carbocycles. The van der Waals surface area contributed by atoms with Crippen molar-refractivity contribution in [1.82, 2.24) is 14.9 Å². The van der Waals surface area contributed by atoms with Crippen molar-refractivity contribution in [2.24, 2.45) is 0 Å². The molecule has 20 heavy (non-hydrogen) atoms. The summed E-state index contributed by atoms with van der Waals surface area (Å²) < 4.78 is 31.7. The lowest BCUT2D eigenvalue weighted by Gasteiger charge is -2.12. The predicted octanol–water partition coefficient (Wildman–Crippen LogP) is 3.23. The number of imidazole rings is 1. The molecule has 0 bridgehead atoms. The van der Waals surface area contributed by atoms with Gasteiger partial charge in [0.1, 0.15) is 12.4 Å². The van der Waals surface area contributed by atoms with E-state index in [1.807, 2.05) is 0 Å². The highest BCUT2D eigenvalue weighted by molar-refractivity contribution is 6.30. The lowest BCUT2D eigenvalue weighted by Crippen LogP contribution is -2.10. The highest BCUT2D eigenvalue weighted by Gasteiger charge is 2.12. The Hall–Kier alpha value is -1.66. The molecule has 1 aromatic heterocycles. The van der Waals surface area contributed by atoms with Crippen LogP contribution in [0.1, 0.15) is 17.9 Å². The summed E-state index contributed by atoms with van der Waals surface area (Å²) in [6, 6.07) is 5.17. The van der Waals surface area contributed by atoms with Crippen molar-refractivity contribution in [2.45, 2.75) is 19.7 Å². The molecule has 2 aromatic rings. The molecule has 1 aromatic carbocycles. The maximum Gasteiger partial charge on any atom is 0.320 e. The fourth-order valence-corrected chi connectivity index (χ4v) is 1.99. The van der Waals surface area contributed by atoms with Gasteiger partial charge in [0.15, 0.2) is 5.82 Å². The number of aromatic nitrogens is 2. The number of hydrogen-bond acceptors (Lipinski definition) is 3. The molecule has 0 aliphatic rings. The van der Waals surface area contributed by atoms with Crippen molar-refractivity contribution in [3.8, 4) is 5.75 Å². The van der Waals surface area contributed by atoms with Gasteiger partial charge in [-0.25, -0.2) is 4.98 Å². The summed E-state index contributed by atoms with van der Waals surface area (Å²) in [7, 11) is 1.80. The highest BCUT2D eigenvalue weighted by atomic mass is 35.5. The molecular formula is C13H14ClF2N3O. The average Bonchev–Trinajstić information content (AvgIpc) is 2.87. The van der Waals surface area contributed by atoms with Crippen molar-refractivity contribution >= 4 is 11.6 Å². The van der Waals surface area contributed by atoms with E-state index < -0.39 is 6.55 Å². The summed E-state index contributed by atoms with van der Waals surface area (Å²) in [6.45, 7) is -2.09. The molecule has 0 aliphatic heterocycles. The van der Waals surface area contributed by atoms with E-state index in [2.05, 4.69) is 10.3 Å². The zero-order valence-electron chi connectivity index (χ0n) is 10.8. The predicted molar refractivity (Wildman–Crippen MR) is 72.0 cm³/mol. The second-order valence-electron chi connectivity index (χ2n) is 4.10. The fourth-order valence-electron chi connectivity index (χ4n) is 1.79. The van der Waals surface area contributed by atoms with Crippen LogP contribution in [0.5, 0.6) is 5.75 Å². The second-order valence-corrected chi connectivity index (χ2v) is 4.54. The monoisotopic (exact) mass is 301 g/mol. The zero-order chi connectivity index (χ0) is 14.5. The highest BCUT2D eigenvalue weighted by Crippen LogP contribution is 2.24. The molecule has 1 heterocycles. The van der Waals surface area contributed by atoms with Gasteiger partial charge in [0, 0.05) is 29.5 Å². The fraction of sp³-hybridized carbons (Fsp3) is 0.308. The number of nitrogens with one attached hydrogen (secondary N) is 1. The average molecular weight is 302 g/mol. The van der Waals surface area contributed by atoms with Crippen LogP contribution in [0.25, 0.3) is 0 Å². The van der Waals surface area contributed by atoms with Gasteiger partial charge in [-0.3, -0.25) is 4.57 Å². The molecular weight excluding hydrogens is 288 g/mol. The molecule has 0 saturated carbocycles. The first-order chi connectivity index (χ1) is 9.61. The van der Waals surface area contributed by atoms with E-state index in [1.165, 1.54) is 12.4 Å². The number of ether oxygens (including phenoxy) is 1. The minimum Gasteiger partial charge on any atom is -0.485 e. The Labute approximate surface area is 120 Å². The number of hydrogen-bond donors (Lipinski definition) is 1. The minimum atomic E-state index is -2.63. The van der Waals surface area contributed by atoms with Crippen LogP contribution < -0.4 is 10.1 Å². The standard InChI is InChI=1S/C13H14ClF2N3O/c1-17-7-9-6-10(14)2-3-11(9)20-8-12-18-4-5-19(12)13(15)16/h2-6,13,17H,7-8H2,1H3. The lowest BCUT2D eigenvalue weighted by molar-refractivity contribution is 0.0632. The molecule has 4 nitrogen and oxygen atoms in total. The quantitative estimate of drug-likeness (QED) is 0.890. The zero-order valence-corrected chi connectivity index (χ0v) is 11.6. The topological polar surface area (TPSA) is 39.1 Å². The van der Waals surface area contributed by atoms with E-state index in [0.29, 0.717) is 17.3 Å². The molecule has 2 rings (SSSR count). The van der Waals surface area contributed by atoms with Gasteiger partial charge in [0.2, 0.25) is 0 Å². The van der Waals surface area contributed by atoms with Gasteiger partial charge in [-0.15, -0.1) is 0 Å². The smallest absolute Gasteiger partial charge is 0.320 e. The van der Waals surface area contributed by atoms with Crippen LogP contribution in [0.4, 0.5) is 8.78 Å². The summed E-state index contributed by atoms with van der Waals surface area (Å²) in [5, 5.41) is 3.59. The first kappa shape index (κ1) is 14.7. The van der Waals surface area contributed by atoms with E-state index in [4.69, 9.17) is 16.3 Å². The van der Waals surface area contributed by atoms with Gasteiger partial charge in [0.05, 0.1) is 0 Å². The van der Waals surface area contributed by atoms with Gasteiger partial charge >= 0.3 is 6.55 Å². The maximum atomic E-state index is 12.7. The third-order valence-electron chi connectivity index (χ3n) is 2.71. The lowest BCUT2D eigenvalue weighted by atomic mass is 10.2. The largest absolute Gasteiger partial charge is 0.485 e. The van der Waals surface area contributed by atoms with Crippen molar-refractivity contribution < 1.29 is 13.5 Å². The van der Waals surface area contributed by atoms with Crippen LogP contribution in [0, 0.1) is 0 Å². The van der Waals surface area contributed by atoms with E-state index in [-0.39, 0.29) is 12.4 Å². The number of alkyl halides is 2. The first-order valence-corrected chi connectivity index (χ1v) is 6.35. The number of halogens is 3. The van der Waals surface area contributed by atoms with Crippen LogP contribution in [0.2, 0.25) is 5.02 Å². The van der Waals surface area contributed by atoms with Crippen LogP contribution in [-0.4, -0.2) is 16.6 Å². The van der Waals surface area contributed by atoms with Crippen LogP contribution in [-0.2, 0) is 13.2 Å². The molecule has 7 heteroatoms. The van der Waals surface area contributed by atoms with Gasteiger partial charge < -0.3 is 10.1 Å². The van der Waals surface area contributed by atoms with Crippen molar-refractivity contribution in [3.63, 3.8) is 0 Å². The molecule has 0 atom stereocenters. The summed E-state index contributed by atoms with van der Waals surface area (Å²) in [6.07, 6.45) is 2.54. The van der Waals surface area contributed by atoms with E-state index in [9.17, 15) is 8.78 Å². The molecule has 0 saturated heterocycles. The number of nitrogens with zero attached hydrogens (tertiary/aromatic N) is 2. The van der Waals surface area contributed by atoms with Crippen LogP contribution in [0.3, 0.4) is 0 Å². The second kappa shape index (κ2) is 6.67. The minimum absolute atomic E-state index is 0.0321. The molecule has 1 N–H and O–H groups in total. The number of rotatable bonds is 6. The third kappa shape index (κ3) is 3.46. The van der Waals surface area contributed by atoms with Crippen LogP contribution >= 0.6 is 11.6 Å². The SMILES string of the molecule is CNCc1cc(Cl)ccc1OCc1nccn1C(F)F. The molecule has 0 fully saturated rings. The Morgan fingerprint density at radius 3 is 2.95 bits per heavy atom. The van der Waals surface area contributed by atoms with Gasteiger partial charge in [0.25, 0.3) is 0 Å². The third-order valence-corrected chi connectivity index (χ3v) is 2.94. The van der Waals surface area contributed by atoms with E-state index in [1.54, 1.807) is 25.2 Å².